The Bertz CT molecular complexity index is 906. The third kappa shape index (κ3) is 4.64. The number of hydrogen-bond acceptors (Lipinski definition) is 4. The molecule has 144 valence electrons. The van der Waals surface area contributed by atoms with Crippen LogP contribution in [0, 0.1) is 5.41 Å². The second kappa shape index (κ2) is 8.06. The Hall–Kier alpha value is -2.44. The number of aromatic amines is 1. The number of nitrogens with one attached hydrogen (secondary N) is 2. The maximum atomic E-state index is 12.4. The normalized spacial score (nSPS) is 16.0. The summed E-state index contributed by atoms with van der Waals surface area (Å²) in [4.78, 5) is 39.8. The van der Waals surface area contributed by atoms with Crippen molar-refractivity contribution in [2.24, 2.45) is 11.1 Å². The van der Waals surface area contributed by atoms with Gasteiger partial charge in [0.25, 0.3) is 11.5 Å². The monoisotopic (exact) mass is 389 g/mol. The van der Waals surface area contributed by atoms with E-state index in [1.165, 1.54) is 6.07 Å². The number of Topliss-reactive ketones (excluding diaryl/α,β-unsaturated/α-hetero) is 1. The third-order valence-electron chi connectivity index (χ3n) is 4.67. The molecule has 6 nitrogen and oxygen atoms in total. The van der Waals surface area contributed by atoms with Gasteiger partial charge in [-0.15, -0.1) is 12.4 Å². The molecule has 0 saturated heterocycles. The molecule has 0 aliphatic heterocycles. The number of pyridine rings is 1. The smallest absolute Gasteiger partial charge is 0.261 e. The number of benzene rings is 1. The largest absolute Gasteiger partial charge is 0.350 e. The Balaban J connectivity index is 0.00000261. The van der Waals surface area contributed by atoms with Gasteiger partial charge in [-0.1, -0.05) is 44.2 Å². The Morgan fingerprint density at radius 3 is 2.56 bits per heavy atom. The number of rotatable bonds is 4. The molecule has 0 radical (unpaired) electrons. The molecule has 0 spiro atoms. The Labute approximate surface area is 164 Å². The number of amides is 1. The molecule has 0 saturated carbocycles. The van der Waals surface area contributed by atoms with Gasteiger partial charge in [-0.3, -0.25) is 14.4 Å². The predicted molar refractivity (Wildman–Crippen MR) is 106 cm³/mol. The third-order valence-corrected chi connectivity index (χ3v) is 4.67. The van der Waals surface area contributed by atoms with Crippen LogP contribution in [0.3, 0.4) is 0 Å². The fourth-order valence-electron chi connectivity index (χ4n) is 3.31. The summed E-state index contributed by atoms with van der Waals surface area (Å²) in [5, 5.41) is 2.68. The van der Waals surface area contributed by atoms with Crippen molar-refractivity contribution < 1.29 is 9.59 Å². The molecule has 1 aromatic carbocycles. The van der Waals surface area contributed by atoms with Crippen molar-refractivity contribution in [3.63, 3.8) is 0 Å². The second-order valence-corrected chi connectivity index (χ2v) is 7.57. The van der Waals surface area contributed by atoms with Crippen molar-refractivity contribution in [2.75, 3.05) is 6.54 Å². The molecule has 7 heteroatoms. The summed E-state index contributed by atoms with van der Waals surface area (Å²) in [6.45, 7) is 4.16. The number of ketones is 1. The van der Waals surface area contributed by atoms with E-state index in [2.05, 4.69) is 10.3 Å². The zero-order valence-electron chi connectivity index (χ0n) is 15.4. The van der Waals surface area contributed by atoms with E-state index in [9.17, 15) is 14.4 Å². The van der Waals surface area contributed by atoms with Crippen molar-refractivity contribution in [3.05, 3.63) is 69.1 Å². The van der Waals surface area contributed by atoms with Crippen molar-refractivity contribution in [1.82, 2.24) is 10.3 Å². The maximum Gasteiger partial charge on any atom is 0.261 e. The van der Waals surface area contributed by atoms with E-state index < -0.39 is 11.5 Å². The standard InChI is InChI=1S/C20H23N3O3.ClH/c1-20(2)9-16-13(17(24)10-20)8-14(19(26)23-16)18(25)22-11-15(21)12-6-4-3-5-7-12;/h3-8,15H,9-11,21H2,1-2H3,(H,22,25)(H,23,26);1H. The molecule has 1 aliphatic carbocycles. The average molecular weight is 390 g/mol. The molecule has 2 aromatic rings. The predicted octanol–water partition coefficient (Wildman–Crippen LogP) is 2.38. The van der Waals surface area contributed by atoms with E-state index in [-0.39, 0.29) is 41.8 Å². The van der Waals surface area contributed by atoms with E-state index in [0.29, 0.717) is 24.1 Å². The number of carbonyl (C=O) groups excluding carboxylic acids is 2. The number of hydrogen-bond donors (Lipinski definition) is 3. The number of halogens is 1. The molecule has 1 amide bonds. The highest BCUT2D eigenvalue weighted by Gasteiger charge is 2.32. The Morgan fingerprint density at radius 1 is 1.22 bits per heavy atom. The molecule has 0 bridgehead atoms. The molecular weight excluding hydrogens is 366 g/mol. The minimum absolute atomic E-state index is 0. The quantitative estimate of drug-likeness (QED) is 0.746. The SMILES string of the molecule is CC1(C)CC(=O)c2cc(C(=O)NCC(N)c3ccccc3)c(=O)[nH]c2C1.Cl. The molecule has 1 atom stereocenters. The first-order valence-electron chi connectivity index (χ1n) is 8.65. The summed E-state index contributed by atoms with van der Waals surface area (Å²) in [5.41, 5.74) is 7.26. The lowest BCUT2D eigenvalue weighted by atomic mass is 9.75. The van der Waals surface area contributed by atoms with Crippen LogP contribution in [0.25, 0.3) is 0 Å². The van der Waals surface area contributed by atoms with Crippen LogP contribution in [-0.2, 0) is 6.42 Å². The first-order chi connectivity index (χ1) is 12.3. The molecule has 1 aromatic heterocycles. The molecule has 1 aliphatic rings. The zero-order chi connectivity index (χ0) is 18.9. The van der Waals surface area contributed by atoms with Crippen LogP contribution in [0.2, 0.25) is 0 Å². The van der Waals surface area contributed by atoms with Crippen LogP contribution in [0.4, 0.5) is 0 Å². The van der Waals surface area contributed by atoms with Crippen LogP contribution < -0.4 is 16.6 Å². The van der Waals surface area contributed by atoms with Gasteiger partial charge >= 0.3 is 0 Å². The van der Waals surface area contributed by atoms with Crippen LogP contribution in [0.1, 0.15) is 58.3 Å². The highest BCUT2D eigenvalue weighted by molar-refractivity contribution is 6.02. The maximum absolute atomic E-state index is 12.4. The summed E-state index contributed by atoms with van der Waals surface area (Å²) in [6.07, 6.45) is 0.996. The van der Waals surface area contributed by atoms with Gasteiger partial charge in [0.2, 0.25) is 0 Å². The number of fused-ring (bicyclic) bond motifs is 1. The van der Waals surface area contributed by atoms with Crippen molar-refractivity contribution >= 4 is 24.1 Å². The van der Waals surface area contributed by atoms with Gasteiger partial charge in [-0.05, 0) is 23.5 Å². The van der Waals surface area contributed by atoms with Crippen LogP contribution in [-0.4, -0.2) is 23.2 Å². The van der Waals surface area contributed by atoms with E-state index >= 15 is 0 Å². The highest BCUT2D eigenvalue weighted by atomic mass is 35.5. The van der Waals surface area contributed by atoms with Gasteiger partial charge < -0.3 is 16.0 Å². The summed E-state index contributed by atoms with van der Waals surface area (Å²) >= 11 is 0. The van der Waals surface area contributed by atoms with Gasteiger partial charge in [-0.2, -0.15) is 0 Å². The lowest BCUT2D eigenvalue weighted by Crippen LogP contribution is -2.37. The van der Waals surface area contributed by atoms with Gasteiger partial charge in [-0.25, -0.2) is 0 Å². The minimum Gasteiger partial charge on any atom is -0.350 e. The number of nitrogens with two attached hydrogens (primary N) is 1. The van der Waals surface area contributed by atoms with E-state index in [4.69, 9.17) is 5.73 Å². The van der Waals surface area contributed by atoms with Gasteiger partial charge in [0.05, 0.1) is 0 Å². The summed E-state index contributed by atoms with van der Waals surface area (Å²) in [7, 11) is 0. The summed E-state index contributed by atoms with van der Waals surface area (Å²) in [5.74, 6) is -0.583. The van der Waals surface area contributed by atoms with E-state index in [0.717, 1.165) is 5.56 Å². The topological polar surface area (TPSA) is 105 Å². The number of aromatic nitrogens is 1. The first kappa shape index (κ1) is 20.9. The molecule has 3 rings (SSSR count). The first-order valence-corrected chi connectivity index (χ1v) is 8.65. The Kier molecular flexibility index (Phi) is 6.23. The summed E-state index contributed by atoms with van der Waals surface area (Å²) < 4.78 is 0. The number of H-pyrrole nitrogens is 1. The van der Waals surface area contributed by atoms with Crippen molar-refractivity contribution in [2.45, 2.75) is 32.7 Å². The molecule has 1 heterocycles. The minimum atomic E-state index is -0.530. The van der Waals surface area contributed by atoms with Gasteiger partial charge in [0.15, 0.2) is 5.78 Å². The van der Waals surface area contributed by atoms with Gasteiger partial charge in [0.1, 0.15) is 5.56 Å². The van der Waals surface area contributed by atoms with E-state index in [1.807, 2.05) is 44.2 Å². The molecule has 4 N–H and O–H groups in total. The number of carbonyl (C=O) groups is 2. The van der Waals surface area contributed by atoms with Crippen LogP contribution in [0.15, 0.2) is 41.2 Å². The molecular formula is C20H24ClN3O3. The second-order valence-electron chi connectivity index (χ2n) is 7.57. The fourth-order valence-corrected chi connectivity index (χ4v) is 3.31. The highest BCUT2D eigenvalue weighted by Crippen LogP contribution is 2.33. The fraction of sp³-hybridized carbons (Fsp3) is 0.350. The zero-order valence-corrected chi connectivity index (χ0v) is 16.2. The Morgan fingerprint density at radius 2 is 1.89 bits per heavy atom. The van der Waals surface area contributed by atoms with E-state index in [1.54, 1.807) is 0 Å². The summed E-state index contributed by atoms with van der Waals surface area (Å²) in [6, 6.07) is 10.4. The average Bonchev–Trinajstić information content (AvgIpc) is 2.58. The lowest BCUT2D eigenvalue weighted by molar-refractivity contribution is 0.0910. The van der Waals surface area contributed by atoms with Gasteiger partial charge in [0, 0.05) is 30.3 Å². The molecule has 27 heavy (non-hydrogen) atoms. The van der Waals surface area contributed by atoms with Crippen molar-refractivity contribution in [3.8, 4) is 0 Å². The van der Waals surface area contributed by atoms with Crippen LogP contribution in [0.5, 0.6) is 0 Å². The molecule has 1 unspecified atom stereocenters. The lowest BCUT2D eigenvalue weighted by Gasteiger charge is -2.29. The molecule has 0 fully saturated rings. The van der Waals surface area contributed by atoms with Crippen molar-refractivity contribution in [1.29, 1.82) is 0 Å². The van der Waals surface area contributed by atoms with Crippen LogP contribution >= 0.6 is 12.4 Å².